The summed E-state index contributed by atoms with van der Waals surface area (Å²) >= 11 is 0. The molecule has 29 heavy (non-hydrogen) atoms. The van der Waals surface area contributed by atoms with Crippen LogP contribution in [-0.4, -0.2) is 62.8 Å². The molecule has 11 nitrogen and oxygen atoms in total. The van der Waals surface area contributed by atoms with Crippen molar-refractivity contribution in [2.45, 2.75) is 63.4 Å². The average Bonchev–Trinajstić information content (AvgIpc) is 3.16. The number of aliphatic hydroxyl groups excluding tert-OH is 1. The number of H-pyrrole nitrogens is 1. The molecule has 0 aliphatic carbocycles. The van der Waals surface area contributed by atoms with Crippen molar-refractivity contribution in [3.8, 4) is 0 Å². The largest absolute Gasteiger partial charge is 0.408 e. The maximum atomic E-state index is 12.0. The highest BCUT2D eigenvalue weighted by Crippen LogP contribution is 2.44. The molecule has 2 aromatic rings. The standard InChI is InChI=1S/C16H27N4O7PSi/c1-16(2,3)29(4,5)27-11-9(6-21)25-15(12(11)26-28(23)24)20-8-19-10-13(20)17-7-18-14(10)22/h7-9,11-12,15,21,28H,6H2,1-5H3,(H,23,24)(H,17,18,22)/t9-,11?,12-,15-/m1/s1. The highest BCUT2D eigenvalue weighted by molar-refractivity contribution is 7.32. The molecule has 13 heteroatoms. The van der Waals surface area contributed by atoms with Gasteiger partial charge in [-0.05, 0) is 18.1 Å². The van der Waals surface area contributed by atoms with Crippen molar-refractivity contribution < 1.29 is 28.3 Å². The van der Waals surface area contributed by atoms with Crippen LogP contribution < -0.4 is 5.56 Å². The molecule has 162 valence electrons. The van der Waals surface area contributed by atoms with Crippen molar-refractivity contribution in [3.05, 3.63) is 23.0 Å². The molecule has 1 aliphatic rings. The molecule has 1 aliphatic heterocycles. The van der Waals surface area contributed by atoms with Gasteiger partial charge >= 0.3 is 8.25 Å². The van der Waals surface area contributed by atoms with Gasteiger partial charge in [0.2, 0.25) is 0 Å². The van der Waals surface area contributed by atoms with Gasteiger partial charge in [-0.15, -0.1) is 0 Å². The van der Waals surface area contributed by atoms with Gasteiger partial charge in [-0.3, -0.25) is 18.5 Å². The number of nitrogens with one attached hydrogen (secondary N) is 1. The van der Waals surface area contributed by atoms with Crippen LogP contribution in [-0.2, 0) is 18.3 Å². The molecular formula is C16H27N4O7PSi. The second-order valence-electron chi connectivity index (χ2n) is 8.49. The SMILES string of the molecule is CC(C)(C)[Si](C)(C)OC1[C@@H](O[PH](=O)O)[C@H](n2cnc3c(=O)[nH]cnc32)O[C@@H]1CO. The van der Waals surface area contributed by atoms with Crippen LogP contribution in [0, 0.1) is 0 Å². The van der Waals surface area contributed by atoms with E-state index in [1.807, 2.05) is 13.1 Å². The first kappa shape index (κ1) is 22.3. The Balaban J connectivity index is 2.04. The number of rotatable bonds is 6. The lowest BCUT2D eigenvalue weighted by Gasteiger charge is -2.40. The first-order chi connectivity index (χ1) is 13.5. The highest BCUT2D eigenvalue weighted by Gasteiger charge is 2.52. The van der Waals surface area contributed by atoms with Gasteiger partial charge in [0.25, 0.3) is 5.56 Å². The monoisotopic (exact) mass is 446 g/mol. The van der Waals surface area contributed by atoms with Crippen LogP contribution in [0.25, 0.3) is 11.2 Å². The minimum Gasteiger partial charge on any atom is -0.408 e. The topological polar surface area (TPSA) is 149 Å². The minimum atomic E-state index is -3.35. The van der Waals surface area contributed by atoms with Crippen molar-refractivity contribution in [1.82, 2.24) is 19.5 Å². The zero-order valence-electron chi connectivity index (χ0n) is 16.9. The van der Waals surface area contributed by atoms with E-state index in [1.165, 1.54) is 17.2 Å². The minimum absolute atomic E-state index is 0.0980. The van der Waals surface area contributed by atoms with Gasteiger partial charge in [0.15, 0.2) is 25.7 Å². The molecule has 0 bridgehead atoms. The van der Waals surface area contributed by atoms with Crippen LogP contribution in [0.4, 0.5) is 0 Å². The smallest absolute Gasteiger partial charge is 0.317 e. The molecule has 1 fully saturated rings. The summed E-state index contributed by atoms with van der Waals surface area (Å²) in [6, 6.07) is 0. The zero-order valence-corrected chi connectivity index (χ0v) is 18.9. The molecular weight excluding hydrogens is 419 g/mol. The number of ether oxygens (including phenoxy) is 1. The quantitative estimate of drug-likeness (QED) is 0.439. The normalized spacial score (nSPS) is 26.9. The lowest BCUT2D eigenvalue weighted by molar-refractivity contribution is -0.0480. The lowest BCUT2D eigenvalue weighted by atomic mass is 10.1. The summed E-state index contributed by atoms with van der Waals surface area (Å²) < 4.78 is 30.7. The van der Waals surface area contributed by atoms with E-state index < -0.39 is 46.7 Å². The molecule has 3 heterocycles. The average molecular weight is 446 g/mol. The molecule has 2 aromatic heterocycles. The number of fused-ring (bicyclic) bond motifs is 1. The van der Waals surface area contributed by atoms with E-state index in [9.17, 15) is 19.4 Å². The second-order valence-corrected chi connectivity index (χ2v) is 14.0. The maximum Gasteiger partial charge on any atom is 0.317 e. The van der Waals surface area contributed by atoms with Crippen LogP contribution >= 0.6 is 8.25 Å². The fourth-order valence-electron chi connectivity index (χ4n) is 3.03. The van der Waals surface area contributed by atoms with E-state index in [-0.39, 0.29) is 22.8 Å². The fourth-order valence-corrected chi connectivity index (χ4v) is 4.83. The van der Waals surface area contributed by atoms with Gasteiger partial charge < -0.3 is 24.1 Å². The molecule has 3 rings (SSSR count). The van der Waals surface area contributed by atoms with Gasteiger partial charge in [0.1, 0.15) is 18.3 Å². The Kier molecular flexibility index (Phi) is 6.17. The molecule has 0 aromatic carbocycles. The van der Waals surface area contributed by atoms with Crippen LogP contribution in [0.15, 0.2) is 17.4 Å². The third-order valence-electron chi connectivity index (χ3n) is 5.58. The number of imidazole rings is 1. The Labute approximate surface area is 169 Å². The van der Waals surface area contributed by atoms with Crippen LogP contribution in [0.1, 0.15) is 27.0 Å². The van der Waals surface area contributed by atoms with E-state index in [0.717, 1.165) is 0 Å². The molecule has 5 atom stereocenters. The molecule has 3 N–H and O–H groups in total. The third-order valence-corrected chi connectivity index (χ3v) is 10.5. The van der Waals surface area contributed by atoms with E-state index in [2.05, 4.69) is 35.7 Å². The predicted molar refractivity (Wildman–Crippen MR) is 107 cm³/mol. The summed E-state index contributed by atoms with van der Waals surface area (Å²) in [5.41, 5.74) is -0.0943. The Bertz CT molecular complexity index is 957. The van der Waals surface area contributed by atoms with Gasteiger partial charge in [-0.25, -0.2) is 9.97 Å². The Morgan fingerprint density at radius 2 is 2.03 bits per heavy atom. The van der Waals surface area contributed by atoms with Crippen molar-refractivity contribution >= 4 is 27.7 Å². The van der Waals surface area contributed by atoms with Gasteiger partial charge in [-0.2, -0.15) is 0 Å². The first-order valence-electron chi connectivity index (χ1n) is 9.20. The van der Waals surface area contributed by atoms with Crippen LogP contribution in [0.3, 0.4) is 0 Å². The summed E-state index contributed by atoms with van der Waals surface area (Å²) in [6.45, 7) is 9.87. The first-order valence-corrected chi connectivity index (χ1v) is 13.4. The maximum absolute atomic E-state index is 12.0. The molecule has 0 spiro atoms. The van der Waals surface area contributed by atoms with Crippen molar-refractivity contribution in [1.29, 1.82) is 0 Å². The Hall–Kier alpha value is -1.40. The highest BCUT2D eigenvalue weighted by atomic mass is 31.1. The third kappa shape index (κ3) is 4.24. The van der Waals surface area contributed by atoms with Gasteiger partial charge in [0, 0.05) is 0 Å². The molecule has 0 saturated carbocycles. The summed E-state index contributed by atoms with van der Waals surface area (Å²) in [5, 5.41) is 9.75. The number of nitrogens with zero attached hydrogens (tertiary/aromatic N) is 3. The van der Waals surface area contributed by atoms with Gasteiger partial charge in [0.05, 0.1) is 19.3 Å². The van der Waals surface area contributed by atoms with Crippen molar-refractivity contribution in [2.75, 3.05) is 6.61 Å². The van der Waals surface area contributed by atoms with E-state index in [4.69, 9.17) is 13.7 Å². The fraction of sp³-hybridized carbons (Fsp3) is 0.688. The van der Waals surface area contributed by atoms with E-state index in [0.29, 0.717) is 0 Å². The lowest BCUT2D eigenvalue weighted by Crippen LogP contribution is -2.50. The summed E-state index contributed by atoms with van der Waals surface area (Å²) in [4.78, 5) is 32.1. The van der Waals surface area contributed by atoms with Crippen LogP contribution in [0.5, 0.6) is 0 Å². The zero-order chi connectivity index (χ0) is 21.6. The Morgan fingerprint density at radius 3 is 2.62 bits per heavy atom. The van der Waals surface area contributed by atoms with E-state index >= 15 is 0 Å². The van der Waals surface area contributed by atoms with E-state index in [1.54, 1.807) is 0 Å². The number of hydrogen-bond donors (Lipinski definition) is 3. The molecule has 0 amide bonds. The summed E-state index contributed by atoms with van der Waals surface area (Å²) in [5.74, 6) is 0. The van der Waals surface area contributed by atoms with Crippen molar-refractivity contribution in [2.24, 2.45) is 0 Å². The summed E-state index contributed by atoms with van der Waals surface area (Å²) in [6.07, 6.45) is -0.953. The van der Waals surface area contributed by atoms with Gasteiger partial charge in [-0.1, -0.05) is 20.8 Å². The van der Waals surface area contributed by atoms with Crippen molar-refractivity contribution in [3.63, 3.8) is 0 Å². The second kappa shape index (κ2) is 8.03. The molecule has 1 saturated heterocycles. The summed E-state index contributed by atoms with van der Waals surface area (Å²) in [7, 11) is -5.69. The number of aliphatic hydroxyl groups is 1. The predicted octanol–water partition coefficient (Wildman–Crippen LogP) is 1.17. The molecule has 0 radical (unpaired) electrons. The number of aromatic amines is 1. The Morgan fingerprint density at radius 1 is 1.34 bits per heavy atom. The number of aromatic nitrogens is 4. The van der Waals surface area contributed by atoms with Crippen LogP contribution in [0.2, 0.25) is 18.1 Å². The number of hydrogen-bond acceptors (Lipinski definition) is 8. The molecule has 2 unspecified atom stereocenters.